The molecule has 2 saturated heterocycles. The van der Waals surface area contributed by atoms with Crippen LogP contribution in [-0.4, -0.2) is 79.4 Å². The molecule has 0 radical (unpaired) electrons. The molecule has 0 aromatic rings. The first-order chi connectivity index (χ1) is 8.77. The van der Waals surface area contributed by atoms with Gasteiger partial charge in [-0.15, -0.1) is 0 Å². The van der Waals surface area contributed by atoms with Crippen molar-refractivity contribution < 1.29 is 0 Å². The summed E-state index contributed by atoms with van der Waals surface area (Å²) >= 11 is 5.67. The summed E-state index contributed by atoms with van der Waals surface area (Å²) in [6, 6.07) is 0. The quantitative estimate of drug-likeness (QED) is 0.406. The van der Waals surface area contributed by atoms with Crippen LogP contribution in [0, 0.1) is 0 Å². The lowest BCUT2D eigenvalue weighted by Gasteiger charge is -2.31. The fraction of sp³-hybridized carbons (Fsp3) is 0.909. The molecule has 7 heteroatoms. The SMILES string of the molecule is NCCN1CCNC1C(=S)C1NCCN1CCN. The Labute approximate surface area is 114 Å². The smallest absolute Gasteiger partial charge is 0.0955 e. The highest BCUT2D eigenvalue weighted by atomic mass is 32.1. The molecule has 0 aromatic heterocycles. The van der Waals surface area contributed by atoms with Gasteiger partial charge in [0.05, 0.1) is 17.2 Å². The molecule has 0 aromatic carbocycles. The van der Waals surface area contributed by atoms with Gasteiger partial charge in [0, 0.05) is 52.4 Å². The van der Waals surface area contributed by atoms with Crippen molar-refractivity contribution in [2.24, 2.45) is 11.5 Å². The van der Waals surface area contributed by atoms with Gasteiger partial charge >= 0.3 is 0 Å². The molecule has 0 bridgehead atoms. The summed E-state index contributed by atoms with van der Waals surface area (Å²) in [5.74, 6) is 0. The van der Waals surface area contributed by atoms with Crippen LogP contribution in [0.5, 0.6) is 0 Å². The van der Waals surface area contributed by atoms with E-state index in [1.165, 1.54) is 0 Å². The molecule has 0 amide bonds. The highest BCUT2D eigenvalue weighted by Gasteiger charge is 2.35. The first kappa shape index (κ1) is 14.3. The Morgan fingerprint density at radius 3 is 1.83 bits per heavy atom. The van der Waals surface area contributed by atoms with Crippen molar-refractivity contribution in [1.29, 1.82) is 0 Å². The highest BCUT2D eigenvalue weighted by molar-refractivity contribution is 7.80. The Balaban J connectivity index is 1.97. The molecule has 6 N–H and O–H groups in total. The maximum absolute atomic E-state index is 5.67. The predicted octanol–water partition coefficient (Wildman–Crippen LogP) is -2.26. The zero-order chi connectivity index (χ0) is 13.0. The van der Waals surface area contributed by atoms with E-state index in [0.717, 1.165) is 44.1 Å². The Morgan fingerprint density at radius 1 is 1.00 bits per heavy atom. The Morgan fingerprint density at radius 2 is 1.44 bits per heavy atom. The van der Waals surface area contributed by atoms with Crippen LogP contribution in [0.1, 0.15) is 0 Å². The summed E-state index contributed by atoms with van der Waals surface area (Å²) in [4.78, 5) is 5.67. The van der Waals surface area contributed by atoms with Crippen molar-refractivity contribution in [1.82, 2.24) is 20.4 Å². The summed E-state index contributed by atoms with van der Waals surface area (Å²) < 4.78 is 0. The molecular weight excluding hydrogens is 248 g/mol. The van der Waals surface area contributed by atoms with Crippen LogP contribution >= 0.6 is 12.2 Å². The van der Waals surface area contributed by atoms with E-state index in [4.69, 9.17) is 23.7 Å². The first-order valence-corrected chi connectivity index (χ1v) is 7.07. The molecule has 2 unspecified atom stereocenters. The average molecular weight is 272 g/mol. The average Bonchev–Trinajstić information content (AvgIpc) is 2.98. The molecule has 0 aliphatic carbocycles. The minimum absolute atomic E-state index is 0.166. The van der Waals surface area contributed by atoms with Gasteiger partial charge in [0.25, 0.3) is 0 Å². The molecule has 0 spiro atoms. The summed E-state index contributed by atoms with van der Waals surface area (Å²) in [5.41, 5.74) is 11.3. The molecule has 2 rings (SSSR count). The van der Waals surface area contributed by atoms with Crippen molar-refractivity contribution in [3.8, 4) is 0 Å². The molecule has 6 nitrogen and oxygen atoms in total. The molecule has 2 aliphatic rings. The second kappa shape index (κ2) is 6.85. The van der Waals surface area contributed by atoms with Gasteiger partial charge in [-0.3, -0.25) is 20.4 Å². The van der Waals surface area contributed by atoms with E-state index in [1.54, 1.807) is 0 Å². The second-order valence-electron chi connectivity index (χ2n) is 4.76. The van der Waals surface area contributed by atoms with Crippen molar-refractivity contribution in [2.45, 2.75) is 12.3 Å². The Bertz CT molecular complexity index is 261. The molecule has 18 heavy (non-hydrogen) atoms. The maximum atomic E-state index is 5.67. The fourth-order valence-electron chi connectivity index (χ4n) is 2.73. The van der Waals surface area contributed by atoms with Gasteiger partial charge in [-0.25, -0.2) is 0 Å². The van der Waals surface area contributed by atoms with Gasteiger partial charge < -0.3 is 11.5 Å². The van der Waals surface area contributed by atoms with Gasteiger partial charge in [-0.1, -0.05) is 12.2 Å². The third-order valence-electron chi connectivity index (χ3n) is 3.58. The van der Waals surface area contributed by atoms with Crippen LogP contribution in [0.2, 0.25) is 0 Å². The number of hydrogen-bond donors (Lipinski definition) is 4. The first-order valence-electron chi connectivity index (χ1n) is 6.66. The van der Waals surface area contributed by atoms with E-state index in [-0.39, 0.29) is 12.3 Å². The lowest BCUT2D eigenvalue weighted by atomic mass is 10.2. The van der Waals surface area contributed by atoms with Gasteiger partial charge in [0.15, 0.2) is 0 Å². The highest BCUT2D eigenvalue weighted by Crippen LogP contribution is 2.13. The van der Waals surface area contributed by atoms with Crippen LogP contribution in [0.25, 0.3) is 0 Å². The number of nitrogens with one attached hydrogen (secondary N) is 2. The third kappa shape index (κ3) is 3.05. The van der Waals surface area contributed by atoms with Crippen LogP contribution < -0.4 is 22.1 Å². The van der Waals surface area contributed by atoms with E-state index >= 15 is 0 Å². The number of thiocarbonyl (C=S) groups is 1. The molecule has 0 saturated carbocycles. The zero-order valence-electron chi connectivity index (χ0n) is 10.8. The molecular formula is C11H24N6S. The number of hydrogen-bond acceptors (Lipinski definition) is 7. The van der Waals surface area contributed by atoms with E-state index in [0.29, 0.717) is 13.1 Å². The van der Waals surface area contributed by atoms with E-state index in [9.17, 15) is 0 Å². The van der Waals surface area contributed by atoms with Gasteiger partial charge in [-0.2, -0.15) is 0 Å². The van der Waals surface area contributed by atoms with Gasteiger partial charge in [0.2, 0.25) is 0 Å². The van der Waals surface area contributed by atoms with Crippen LogP contribution in [0.15, 0.2) is 0 Å². The summed E-state index contributed by atoms with van der Waals surface area (Å²) in [6.07, 6.45) is 0.332. The standard InChI is InChI=1S/C11H24N6S/c12-1-5-16-7-3-14-10(16)9(18)11-15-4-8-17(11)6-2-13/h10-11,14-15H,1-8,12-13H2. The summed E-state index contributed by atoms with van der Waals surface area (Å²) in [5, 5.41) is 6.92. The van der Waals surface area contributed by atoms with Crippen LogP contribution in [0.3, 0.4) is 0 Å². The molecule has 2 atom stereocenters. The van der Waals surface area contributed by atoms with Gasteiger partial charge in [0.1, 0.15) is 0 Å². The van der Waals surface area contributed by atoms with E-state index in [2.05, 4.69) is 20.4 Å². The lowest BCUT2D eigenvalue weighted by molar-refractivity contribution is 0.269. The largest absolute Gasteiger partial charge is 0.329 e. The molecule has 2 aliphatic heterocycles. The lowest BCUT2D eigenvalue weighted by Crippen LogP contribution is -2.54. The van der Waals surface area contributed by atoms with Crippen LogP contribution in [0.4, 0.5) is 0 Å². The number of nitrogens with zero attached hydrogens (tertiary/aromatic N) is 2. The molecule has 2 fully saturated rings. The van der Waals surface area contributed by atoms with Crippen molar-refractivity contribution >= 4 is 17.1 Å². The van der Waals surface area contributed by atoms with Gasteiger partial charge in [-0.05, 0) is 0 Å². The molecule has 2 heterocycles. The van der Waals surface area contributed by atoms with Crippen molar-refractivity contribution in [3.63, 3.8) is 0 Å². The minimum atomic E-state index is 0.166. The van der Waals surface area contributed by atoms with Crippen molar-refractivity contribution in [3.05, 3.63) is 0 Å². The summed E-state index contributed by atoms with van der Waals surface area (Å²) in [7, 11) is 0. The minimum Gasteiger partial charge on any atom is -0.329 e. The van der Waals surface area contributed by atoms with E-state index in [1.807, 2.05) is 0 Å². The van der Waals surface area contributed by atoms with Crippen LogP contribution in [-0.2, 0) is 0 Å². The Kier molecular flexibility index (Phi) is 5.43. The zero-order valence-corrected chi connectivity index (χ0v) is 11.6. The fourth-order valence-corrected chi connectivity index (χ4v) is 3.20. The van der Waals surface area contributed by atoms with Crippen molar-refractivity contribution in [2.75, 3.05) is 52.4 Å². The second-order valence-corrected chi connectivity index (χ2v) is 5.24. The Hall–Kier alpha value is -0.150. The number of nitrogens with two attached hydrogens (primary N) is 2. The predicted molar refractivity (Wildman–Crippen MR) is 77.4 cm³/mol. The summed E-state index contributed by atoms with van der Waals surface area (Å²) in [6.45, 7) is 7.12. The maximum Gasteiger partial charge on any atom is 0.0955 e. The number of rotatable bonds is 6. The van der Waals surface area contributed by atoms with E-state index < -0.39 is 0 Å². The topological polar surface area (TPSA) is 82.6 Å². The molecule has 104 valence electrons. The third-order valence-corrected chi connectivity index (χ3v) is 4.02. The monoisotopic (exact) mass is 272 g/mol. The normalized spacial score (nSPS) is 30.1.